The van der Waals surface area contributed by atoms with Gasteiger partial charge in [0.05, 0.1) is 0 Å². The van der Waals surface area contributed by atoms with E-state index in [0.29, 0.717) is 18.6 Å². The van der Waals surface area contributed by atoms with Gasteiger partial charge in [0.1, 0.15) is 18.7 Å². The summed E-state index contributed by atoms with van der Waals surface area (Å²) in [6, 6.07) is 1.18. The van der Waals surface area contributed by atoms with Crippen LogP contribution in [0.2, 0.25) is 0 Å². The molecule has 1 aromatic heterocycles. The van der Waals surface area contributed by atoms with Crippen LogP contribution in [0.5, 0.6) is 0 Å². The monoisotopic (exact) mass is 321 g/mol. The molecule has 0 saturated carbocycles. The summed E-state index contributed by atoms with van der Waals surface area (Å²) < 4.78 is 1.76. The number of piperidine rings is 1. The number of aromatic nitrogens is 3. The lowest BCUT2D eigenvalue weighted by atomic mass is 10.0. The number of hydrogen-bond donors (Lipinski definition) is 2. The highest BCUT2D eigenvalue weighted by atomic mass is 15.3. The number of aryl methyl sites for hydroxylation is 1. The van der Waals surface area contributed by atoms with Crippen LogP contribution in [-0.4, -0.2) is 57.3 Å². The zero-order valence-corrected chi connectivity index (χ0v) is 14.9. The zero-order valence-electron chi connectivity index (χ0n) is 14.9. The van der Waals surface area contributed by atoms with Crippen molar-refractivity contribution in [2.24, 2.45) is 12.0 Å². The van der Waals surface area contributed by atoms with E-state index in [-0.39, 0.29) is 0 Å². The Morgan fingerprint density at radius 1 is 1.43 bits per heavy atom. The summed E-state index contributed by atoms with van der Waals surface area (Å²) >= 11 is 0. The van der Waals surface area contributed by atoms with E-state index in [1.165, 1.54) is 25.8 Å². The molecule has 0 aromatic carbocycles. The maximum absolute atomic E-state index is 4.61. The van der Waals surface area contributed by atoms with Gasteiger partial charge in [0.25, 0.3) is 0 Å². The lowest BCUT2D eigenvalue weighted by molar-refractivity contribution is 0.115. The van der Waals surface area contributed by atoms with Crippen molar-refractivity contribution in [1.82, 2.24) is 30.3 Å². The van der Waals surface area contributed by atoms with Crippen molar-refractivity contribution in [3.05, 3.63) is 12.2 Å². The van der Waals surface area contributed by atoms with Gasteiger partial charge in [-0.25, -0.2) is 9.98 Å². The van der Waals surface area contributed by atoms with Crippen molar-refractivity contribution in [1.29, 1.82) is 0 Å². The van der Waals surface area contributed by atoms with Gasteiger partial charge in [-0.3, -0.25) is 9.58 Å². The molecule has 0 amide bonds. The standard InChI is InChI=1S/C16H31N7/c1-5-17-16(19-11-15-20-12-21-22(15)4)18-10-14(3)23-9-7-6-8-13(23)2/h12-14H,5-11H2,1-4H3,(H2,17,18,19). The van der Waals surface area contributed by atoms with Gasteiger partial charge in [0.2, 0.25) is 0 Å². The number of rotatable bonds is 6. The van der Waals surface area contributed by atoms with E-state index >= 15 is 0 Å². The highest BCUT2D eigenvalue weighted by Crippen LogP contribution is 2.18. The Balaban J connectivity index is 1.87. The smallest absolute Gasteiger partial charge is 0.191 e. The molecule has 2 N–H and O–H groups in total. The molecule has 23 heavy (non-hydrogen) atoms. The second-order valence-electron chi connectivity index (χ2n) is 6.31. The van der Waals surface area contributed by atoms with Crippen molar-refractivity contribution in [2.45, 2.75) is 58.7 Å². The minimum absolute atomic E-state index is 0.504. The van der Waals surface area contributed by atoms with E-state index in [1.54, 1.807) is 11.0 Å². The molecule has 0 spiro atoms. The van der Waals surface area contributed by atoms with Crippen LogP contribution in [0.1, 0.15) is 45.9 Å². The van der Waals surface area contributed by atoms with Gasteiger partial charge in [-0.05, 0) is 40.2 Å². The maximum atomic E-state index is 4.61. The Bertz CT molecular complexity index is 496. The first-order chi connectivity index (χ1) is 11.1. The zero-order chi connectivity index (χ0) is 16.7. The number of hydrogen-bond acceptors (Lipinski definition) is 4. The van der Waals surface area contributed by atoms with Crippen molar-refractivity contribution < 1.29 is 0 Å². The predicted octanol–water partition coefficient (Wildman–Crippen LogP) is 1.13. The molecule has 7 nitrogen and oxygen atoms in total. The fourth-order valence-corrected chi connectivity index (χ4v) is 3.09. The van der Waals surface area contributed by atoms with Gasteiger partial charge < -0.3 is 10.6 Å². The highest BCUT2D eigenvalue weighted by Gasteiger charge is 2.22. The van der Waals surface area contributed by atoms with Crippen LogP contribution in [0.3, 0.4) is 0 Å². The minimum atomic E-state index is 0.504. The predicted molar refractivity (Wildman–Crippen MR) is 93.3 cm³/mol. The molecular weight excluding hydrogens is 290 g/mol. The molecule has 2 atom stereocenters. The third-order valence-corrected chi connectivity index (χ3v) is 4.51. The van der Waals surface area contributed by atoms with Crippen LogP contribution >= 0.6 is 0 Å². The topological polar surface area (TPSA) is 70.4 Å². The molecule has 1 aliphatic rings. The summed E-state index contributed by atoms with van der Waals surface area (Å²) in [5, 5.41) is 10.8. The van der Waals surface area contributed by atoms with Crippen molar-refractivity contribution >= 4 is 5.96 Å². The maximum Gasteiger partial charge on any atom is 0.191 e. The van der Waals surface area contributed by atoms with E-state index in [9.17, 15) is 0 Å². The quantitative estimate of drug-likeness (QED) is 0.607. The van der Waals surface area contributed by atoms with Gasteiger partial charge in [0.15, 0.2) is 5.96 Å². The second kappa shape index (κ2) is 8.86. The molecule has 2 heterocycles. The molecule has 1 fully saturated rings. The number of aliphatic imine (C=N–C) groups is 1. The number of nitrogens with one attached hydrogen (secondary N) is 2. The van der Waals surface area contributed by atoms with Gasteiger partial charge in [-0.15, -0.1) is 0 Å². The van der Waals surface area contributed by atoms with Crippen molar-refractivity contribution in [3.63, 3.8) is 0 Å². The third-order valence-electron chi connectivity index (χ3n) is 4.51. The van der Waals surface area contributed by atoms with E-state index in [1.807, 2.05) is 7.05 Å². The third kappa shape index (κ3) is 5.20. The summed E-state index contributed by atoms with van der Waals surface area (Å²) in [5.74, 6) is 1.70. The molecule has 130 valence electrons. The molecule has 0 radical (unpaired) electrons. The van der Waals surface area contributed by atoms with Crippen LogP contribution in [0.15, 0.2) is 11.3 Å². The average Bonchev–Trinajstić information content (AvgIpc) is 2.95. The Labute approximate surface area is 139 Å². The summed E-state index contributed by atoms with van der Waals surface area (Å²) in [7, 11) is 1.89. The Kier molecular flexibility index (Phi) is 6.83. The molecular formula is C16H31N7. The molecule has 2 rings (SSSR count). The van der Waals surface area contributed by atoms with E-state index < -0.39 is 0 Å². The number of guanidine groups is 1. The first-order valence-corrected chi connectivity index (χ1v) is 8.72. The Hall–Kier alpha value is -1.63. The molecule has 7 heteroatoms. The van der Waals surface area contributed by atoms with Gasteiger partial charge in [-0.1, -0.05) is 6.42 Å². The highest BCUT2D eigenvalue weighted by molar-refractivity contribution is 5.79. The van der Waals surface area contributed by atoms with Crippen LogP contribution in [0.4, 0.5) is 0 Å². The summed E-state index contributed by atoms with van der Waals surface area (Å²) in [4.78, 5) is 11.4. The largest absolute Gasteiger partial charge is 0.357 e. The normalized spacial score (nSPS) is 21.2. The second-order valence-corrected chi connectivity index (χ2v) is 6.31. The lowest BCUT2D eigenvalue weighted by Gasteiger charge is -2.38. The van der Waals surface area contributed by atoms with Gasteiger partial charge in [-0.2, -0.15) is 5.10 Å². The molecule has 0 aliphatic carbocycles. The molecule has 1 saturated heterocycles. The summed E-state index contributed by atoms with van der Waals surface area (Å²) in [5.41, 5.74) is 0. The first-order valence-electron chi connectivity index (χ1n) is 8.72. The lowest BCUT2D eigenvalue weighted by Crippen LogP contribution is -2.50. The van der Waals surface area contributed by atoms with Crippen molar-refractivity contribution in [3.8, 4) is 0 Å². The SMILES string of the molecule is CCNC(=NCc1ncnn1C)NCC(C)N1CCCCC1C. The van der Waals surface area contributed by atoms with Crippen LogP contribution < -0.4 is 10.6 Å². The van der Waals surface area contributed by atoms with E-state index in [2.05, 4.69) is 51.4 Å². The summed E-state index contributed by atoms with van der Waals surface area (Å²) in [6.45, 7) is 10.2. The van der Waals surface area contributed by atoms with E-state index in [4.69, 9.17) is 0 Å². The van der Waals surface area contributed by atoms with E-state index in [0.717, 1.165) is 24.9 Å². The minimum Gasteiger partial charge on any atom is -0.357 e. The van der Waals surface area contributed by atoms with Crippen LogP contribution in [0, 0.1) is 0 Å². The van der Waals surface area contributed by atoms with Crippen LogP contribution in [0.25, 0.3) is 0 Å². The Morgan fingerprint density at radius 2 is 2.26 bits per heavy atom. The Morgan fingerprint density at radius 3 is 2.91 bits per heavy atom. The first kappa shape index (κ1) is 17.7. The molecule has 0 bridgehead atoms. The van der Waals surface area contributed by atoms with Gasteiger partial charge >= 0.3 is 0 Å². The number of likely N-dealkylation sites (tertiary alicyclic amines) is 1. The fraction of sp³-hybridized carbons (Fsp3) is 0.812. The number of nitrogens with zero attached hydrogens (tertiary/aromatic N) is 5. The molecule has 1 aliphatic heterocycles. The van der Waals surface area contributed by atoms with Crippen molar-refractivity contribution in [2.75, 3.05) is 19.6 Å². The fourth-order valence-electron chi connectivity index (χ4n) is 3.09. The average molecular weight is 321 g/mol. The molecule has 2 unspecified atom stereocenters. The molecule has 1 aromatic rings. The van der Waals surface area contributed by atoms with Gasteiger partial charge in [0, 0.05) is 32.2 Å². The van der Waals surface area contributed by atoms with Crippen LogP contribution in [-0.2, 0) is 13.6 Å². The summed E-state index contributed by atoms with van der Waals surface area (Å²) in [6.07, 6.45) is 5.55.